The number of aliphatic imine (C=N–C) groups is 1. The van der Waals surface area contributed by atoms with Gasteiger partial charge in [0, 0.05) is 18.7 Å². The smallest absolute Gasteiger partial charge is 0.274 e. The number of aliphatic hydroxyl groups excluding tert-OH is 1. The molecule has 0 bridgehead atoms. The van der Waals surface area contributed by atoms with Crippen LogP contribution in [0.15, 0.2) is 71.1 Å². The second kappa shape index (κ2) is 13.1. The predicted molar refractivity (Wildman–Crippen MR) is 133 cm³/mol. The molecule has 0 aliphatic heterocycles. The summed E-state index contributed by atoms with van der Waals surface area (Å²) in [6.45, 7) is 11.7. The molecule has 2 rings (SSSR count). The van der Waals surface area contributed by atoms with Gasteiger partial charge in [0.25, 0.3) is 5.91 Å². The van der Waals surface area contributed by atoms with Crippen molar-refractivity contribution < 1.29 is 15.1 Å². The molecule has 1 aromatic heterocycles. The van der Waals surface area contributed by atoms with Crippen molar-refractivity contribution in [3.8, 4) is 0 Å². The third kappa shape index (κ3) is 7.00. The van der Waals surface area contributed by atoms with Crippen LogP contribution in [-0.2, 0) is 6.54 Å². The molecule has 0 unspecified atom stereocenters. The Balaban J connectivity index is 2.44. The number of hydrogen-bond acceptors (Lipinski definition) is 7. The number of hydroxylamine groups is 1. The zero-order chi connectivity index (χ0) is 24.2. The van der Waals surface area contributed by atoms with Gasteiger partial charge in [-0.1, -0.05) is 31.2 Å². The zero-order valence-electron chi connectivity index (χ0n) is 19.5. The highest BCUT2D eigenvalue weighted by atomic mass is 16.5. The molecule has 8 heteroatoms. The van der Waals surface area contributed by atoms with Crippen LogP contribution in [0.4, 0.5) is 11.5 Å². The summed E-state index contributed by atoms with van der Waals surface area (Å²) in [4.78, 5) is 24.7. The molecule has 0 saturated carbocycles. The molecule has 176 valence electrons. The van der Waals surface area contributed by atoms with Crippen molar-refractivity contribution in [2.24, 2.45) is 4.99 Å². The van der Waals surface area contributed by atoms with Gasteiger partial charge in [0.1, 0.15) is 11.6 Å². The number of hydrogen-bond donors (Lipinski definition) is 3. The summed E-state index contributed by atoms with van der Waals surface area (Å²) in [7, 11) is 0. The highest BCUT2D eigenvalue weighted by molar-refractivity contribution is 5.93. The third-order valence-corrected chi connectivity index (χ3v) is 5.07. The van der Waals surface area contributed by atoms with E-state index >= 15 is 0 Å². The molecule has 3 N–H and O–H groups in total. The van der Waals surface area contributed by atoms with E-state index in [2.05, 4.69) is 23.5 Å². The molecule has 0 spiro atoms. The standard InChI is InChI=1S/C25H33N5O3/c1-5-7-19(3)24(26-4)30(18-20-8-10-21(11-9-20)25(32)28-33)23-13-12-22(17-27-23)29(14-6-2)15-16-31/h5,7-13,17,31,33H,4,6,14-16,18H2,1-3H3,(H,28,32)/b7-5-,24-19+. The predicted octanol–water partition coefficient (Wildman–Crippen LogP) is 3.92. The maximum Gasteiger partial charge on any atom is 0.274 e. The number of benzene rings is 1. The minimum atomic E-state index is -0.563. The van der Waals surface area contributed by atoms with Crippen LogP contribution in [0.3, 0.4) is 0 Å². The molecule has 1 amide bonds. The van der Waals surface area contributed by atoms with E-state index in [1.54, 1.807) is 23.8 Å². The molecule has 0 radical (unpaired) electrons. The first-order valence-corrected chi connectivity index (χ1v) is 10.9. The lowest BCUT2D eigenvalue weighted by Crippen LogP contribution is -2.28. The van der Waals surface area contributed by atoms with Gasteiger partial charge >= 0.3 is 0 Å². The van der Waals surface area contributed by atoms with Crippen molar-refractivity contribution in [1.29, 1.82) is 0 Å². The molecule has 33 heavy (non-hydrogen) atoms. The number of nitrogens with zero attached hydrogens (tertiary/aromatic N) is 4. The van der Waals surface area contributed by atoms with Crippen molar-refractivity contribution in [1.82, 2.24) is 10.5 Å². The van der Waals surface area contributed by atoms with Gasteiger partial charge in [0.05, 0.1) is 25.0 Å². The summed E-state index contributed by atoms with van der Waals surface area (Å²) in [5.74, 6) is 0.807. The lowest BCUT2D eigenvalue weighted by molar-refractivity contribution is 0.0706. The Labute approximate surface area is 195 Å². The van der Waals surface area contributed by atoms with Crippen molar-refractivity contribution >= 4 is 24.1 Å². The van der Waals surface area contributed by atoms with Crippen LogP contribution in [0.1, 0.15) is 43.1 Å². The number of aromatic nitrogens is 1. The Hall–Kier alpha value is -3.49. The number of pyridine rings is 1. The normalized spacial score (nSPS) is 11.8. The number of aliphatic hydroxyl groups is 1. The van der Waals surface area contributed by atoms with Crippen molar-refractivity contribution in [2.75, 3.05) is 29.5 Å². The van der Waals surface area contributed by atoms with Crippen LogP contribution in [0, 0.1) is 0 Å². The van der Waals surface area contributed by atoms with E-state index in [0.29, 0.717) is 30.3 Å². The summed E-state index contributed by atoms with van der Waals surface area (Å²) in [5, 5.41) is 18.2. The molecular formula is C25H33N5O3. The maximum atomic E-state index is 11.6. The molecule has 8 nitrogen and oxygen atoms in total. The molecule has 0 aliphatic carbocycles. The van der Waals surface area contributed by atoms with E-state index in [9.17, 15) is 9.90 Å². The van der Waals surface area contributed by atoms with Gasteiger partial charge in [-0.15, -0.1) is 0 Å². The van der Waals surface area contributed by atoms with Gasteiger partial charge in [0.2, 0.25) is 0 Å². The number of allylic oxidation sites excluding steroid dienone is 3. The average Bonchev–Trinajstić information content (AvgIpc) is 2.84. The topological polar surface area (TPSA) is 101 Å². The average molecular weight is 452 g/mol. The van der Waals surface area contributed by atoms with Gasteiger partial charge in [-0.05, 0) is 62.4 Å². The molecule has 0 saturated heterocycles. The van der Waals surface area contributed by atoms with E-state index in [0.717, 1.165) is 29.8 Å². The second-order valence-electron chi connectivity index (χ2n) is 7.47. The van der Waals surface area contributed by atoms with E-state index in [1.807, 2.05) is 55.2 Å². The minimum absolute atomic E-state index is 0.0774. The molecule has 1 heterocycles. The van der Waals surface area contributed by atoms with E-state index in [1.165, 1.54) is 0 Å². The van der Waals surface area contributed by atoms with Crippen LogP contribution in [0.2, 0.25) is 0 Å². The van der Waals surface area contributed by atoms with Gasteiger partial charge in [-0.25, -0.2) is 15.5 Å². The first-order chi connectivity index (χ1) is 16.0. The Morgan fingerprint density at radius 3 is 2.45 bits per heavy atom. The monoisotopic (exact) mass is 451 g/mol. The fourth-order valence-electron chi connectivity index (χ4n) is 3.51. The molecule has 0 atom stereocenters. The van der Waals surface area contributed by atoms with E-state index in [-0.39, 0.29) is 6.61 Å². The Morgan fingerprint density at radius 2 is 1.94 bits per heavy atom. The zero-order valence-corrected chi connectivity index (χ0v) is 19.5. The van der Waals surface area contributed by atoms with Crippen LogP contribution in [0.25, 0.3) is 0 Å². The SMILES string of the molecule is C=N/C(=C(C)\C=C/C)N(Cc1ccc(C(=O)NO)cc1)c1ccc(N(CCC)CCO)cn1. The second-order valence-corrected chi connectivity index (χ2v) is 7.47. The van der Waals surface area contributed by atoms with Crippen molar-refractivity contribution in [3.63, 3.8) is 0 Å². The highest BCUT2D eigenvalue weighted by Gasteiger charge is 2.17. The van der Waals surface area contributed by atoms with Crippen LogP contribution < -0.4 is 15.3 Å². The van der Waals surface area contributed by atoms with Crippen LogP contribution in [0.5, 0.6) is 0 Å². The number of amides is 1. The van der Waals surface area contributed by atoms with Gasteiger partial charge in [0.15, 0.2) is 0 Å². The number of anilines is 2. The summed E-state index contributed by atoms with van der Waals surface area (Å²) < 4.78 is 0. The largest absolute Gasteiger partial charge is 0.395 e. The van der Waals surface area contributed by atoms with Crippen LogP contribution in [-0.4, -0.2) is 47.6 Å². The first-order valence-electron chi connectivity index (χ1n) is 10.9. The Morgan fingerprint density at radius 1 is 1.21 bits per heavy atom. The summed E-state index contributed by atoms with van der Waals surface area (Å²) in [6.07, 6.45) is 6.67. The van der Waals surface area contributed by atoms with Gasteiger partial charge < -0.3 is 14.9 Å². The molecule has 1 aromatic carbocycles. The van der Waals surface area contributed by atoms with E-state index < -0.39 is 5.91 Å². The van der Waals surface area contributed by atoms with Crippen LogP contribution >= 0.6 is 0 Å². The number of nitrogens with one attached hydrogen (secondary N) is 1. The fourth-order valence-corrected chi connectivity index (χ4v) is 3.51. The summed E-state index contributed by atoms with van der Waals surface area (Å²) in [6, 6.07) is 10.9. The third-order valence-electron chi connectivity index (χ3n) is 5.07. The maximum absolute atomic E-state index is 11.6. The van der Waals surface area contributed by atoms with Gasteiger partial charge in [-0.2, -0.15) is 0 Å². The number of carbonyl (C=O) groups is 1. The molecule has 0 aliphatic rings. The van der Waals surface area contributed by atoms with E-state index in [4.69, 9.17) is 10.2 Å². The van der Waals surface area contributed by atoms with Crippen molar-refractivity contribution in [2.45, 2.75) is 33.7 Å². The van der Waals surface area contributed by atoms with Crippen molar-refractivity contribution in [3.05, 3.63) is 77.3 Å². The lowest BCUT2D eigenvalue weighted by atomic mass is 10.1. The quantitative estimate of drug-likeness (QED) is 0.196. The minimum Gasteiger partial charge on any atom is -0.395 e. The Bertz CT molecular complexity index is 963. The molecule has 2 aromatic rings. The Kier molecular flexibility index (Phi) is 10.3. The van der Waals surface area contributed by atoms with Gasteiger partial charge in [-0.3, -0.25) is 10.0 Å². The lowest BCUT2D eigenvalue weighted by Gasteiger charge is -2.27. The summed E-state index contributed by atoms with van der Waals surface area (Å²) >= 11 is 0. The first kappa shape index (κ1) is 25.8. The fraction of sp³-hybridized carbons (Fsp3) is 0.320. The number of rotatable bonds is 12. The number of carbonyl (C=O) groups excluding carboxylic acids is 1. The highest BCUT2D eigenvalue weighted by Crippen LogP contribution is 2.26. The summed E-state index contributed by atoms with van der Waals surface area (Å²) in [5.41, 5.74) is 4.80. The molecular weight excluding hydrogens is 418 g/mol. The molecule has 0 fully saturated rings.